The fraction of sp³-hybridized carbons (Fsp3) is 0.857. The van der Waals surface area contributed by atoms with Gasteiger partial charge >= 0.3 is 0 Å². The number of rotatable bonds is 8. The van der Waals surface area contributed by atoms with Crippen LogP contribution in [0.5, 0.6) is 0 Å². The summed E-state index contributed by atoms with van der Waals surface area (Å²) in [6.07, 6.45) is 6.60. The van der Waals surface area contributed by atoms with Crippen LogP contribution in [0.3, 0.4) is 0 Å². The van der Waals surface area contributed by atoms with Crippen molar-refractivity contribution in [1.82, 2.24) is 0 Å². The fourth-order valence-electron chi connectivity index (χ4n) is 5.38. The Labute approximate surface area is 150 Å². The lowest BCUT2D eigenvalue weighted by Crippen LogP contribution is -2.52. The molecule has 0 N–H and O–H groups in total. The number of carbonyl (C=O) groups is 1. The minimum atomic E-state index is -1.96. The van der Waals surface area contributed by atoms with Crippen LogP contribution >= 0.6 is 0 Å². The quantitative estimate of drug-likeness (QED) is 0.460. The van der Waals surface area contributed by atoms with Gasteiger partial charge in [-0.05, 0) is 47.9 Å². The largest absolute Gasteiger partial charge is 0.545 e. The zero-order valence-electron chi connectivity index (χ0n) is 16.9. The van der Waals surface area contributed by atoms with Crippen LogP contribution in [0.15, 0.2) is 11.3 Å². The first kappa shape index (κ1) is 19.7. The summed E-state index contributed by atoms with van der Waals surface area (Å²) < 4.78 is 7.01. The molecule has 0 unspecified atom stereocenters. The van der Waals surface area contributed by atoms with Crippen molar-refractivity contribution in [3.8, 4) is 0 Å². The van der Waals surface area contributed by atoms with Gasteiger partial charge in [-0.15, -0.1) is 0 Å². The molecule has 1 fully saturated rings. The second-order valence-corrected chi connectivity index (χ2v) is 14.2. The van der Waals surface area contributed by atoms with Gasteiger partial charge < -0.3 is 4.43 Å². The number of carbonyl (C=O) groups excluding carboxylic acids is 1. The number of unbranched alkanes of at least 4 members (excludes halogenated alkanes) is 1. The van der Waals surface area contributed by atoms with Crippen molar-refractivity contribution in [3.63, 3.8) is 0 Å². The Kier molecular flexibility index (Phi) is 6.38. The van der Waals surface area contributed by atoms with Crippen LogP contribution in [0.2, 0.25) is 16.6 Å². The van der Waals surface area contributed by atoms with Gasteiger partial charge in [0.1, 0.15) is 5.78 Å². The van der Waals surface area contributed by atoms with Crippen LogP contribution < -0.4 is 0 Å². The molecule has 0 aromatic rings. The Balaban J connectivity index is 2.38. The number of allylic oxidation sites excluding steroid dienone is 2. The molecule has 1 saturated carbocycles. The molecule has 0 aromatic carbocycles. The molecule has 2 atom stereocenters. The summed E-state index contributed by atoms with van der Waals surface area (Å²) in [7, 11) is -1.96. The van der Waals surface area contributed by atoms with E-state index in [1.807, 2.05) is 0 Å². The maximum Gasteiger partial charge on any atom is 0.258 e. The Bertz CT molecular complexity index is 468. The zero-order chi connectivity index (χ0) is 18.1. The third-order valence-corrected chi connectivity index (χ3v) is 12.5. The molecule has 0 radical (unpaired) electrons. The highest BCUT2D eigenvalue weighted by atomic mass is 28.4. The van der Waals surface area contributed by atoms with E-state index in [2.05, 4.69) is 48.5 Å². The number of Topliss-reactive ketones (excluding diaryl/α,β-unsaturated/α-hetero) is 1. The second kappa shape index (κ2) is 7.76. The maximum atomic E-state index is 12.6. The number of hydrogen-bond donors (Lipinski definition) is 0. The van der Waals surface area contributed by atoms with E-state index in [0.717, 1.165) is 25.0 Å². The van der Waals surface area contributed by atoms with Gasteiger partial charge in [0, 0.05) is 12.3 Å². The first-order chi connectivity index (χ1) is 11.3. The summed E-state index contributed by atoms with van der Waals surface area (Å²) >= 11 is 0. The smallest absolute Gasteiger partial charge is 0.258 e. The summed E-state index contributed by atoms with van der Waals surface area (Å²) in [6.45, 7) is 16.2. The first-order valence-corrected chi connectivity index (χ1v) is 12.4. The average Bonchev–Trinajstić information content (AvgIpc) is 2.48. The Hall–Kier alpha value is -0.573. The standard InChI is InChI=1S/C21H38O2Si/c1-8-9-11-18-17-12-10-13-19(22)20(17)21(18)23-24(14(2)3,15(4)5)16(6)7/h14-17,20H,8-13H2,1-7H3/t17-,20+/m1/s1. The van der Waals surface area contributed by atoms with Crippen LogP contribution in [-0.4, -0.2) is 14.1 Å². The molecule has 0 aromatic heterocycles. The Morgan fingerprint density at radius 3 is 2.17 bits per heavy atom. The summed E-state index contributed by atoms with van der Waals surface area (Å²) in [5.41, 5.74) is 3.20. The fourth-order valence-corrected chi connectivity index (χ4v) is 10.7. The highest BCUT2D eigenvalue weighted by Crippen LogP contribution is 2.54. The van der Waals surface area contributed by atoms with Crippen molar-refractivity contribution in [2.24, 2.45) is 11.8 Å². The molecule has 0 spiro atoms. The zero-order valence-corrected chi connectivity index (χ0v) is 17.9. The molecule has 2 nitrogen and oxygen atoms in total. The molecule has 3 heteroatoms. The van der Waals surface area contributed by atoms with Crippen molar-refractivity contribution >= 4 is 14.1 Å². The van der Waals surface area contributed by atoms with Gasteiger partial charge in [0.25, 0.3) is 8.32 Å². The summed E-state index contributed by atoms with van der Waals surface area (Å²) in [5, 5.41) is 0. The molecular formula is C21H38O2Si. The van der Waals surface area contributed by atoms with Gasteiger partial charge in [0.05, 0.1) is 11.7 Å². The third kappa shape index (κ3) is 3.25. The molecule has 2 rings (SSSR count). The maximum absolute atomic E-state index is 12.6. The summed E-state index contributed by atoms with van der Waals surface area (Å²) in [5.74, 6) is 2.20. The van der Waals surface area contributed by atoms with Crippen LogP contribution in [-0.2, 0) is 9.22 Å². The van der Waals surface area contributed by atoms with Gasteiger partial charge in [-0.3, -0.25) is 4.79 Å². The summed E-state index contributed by atoms with van der Waals surface area (Å²) in [4.78, 5) is 12.6. The lowest BCUT2D eigenvalue weighted by molar-refractivity contribution is -0.127. The monoisotopic (exact) mass is 350 g/mol. The highest BCUT2D eigenvalue weighted by molar-refractivity contribution is 6.77. The molecule has 0 saturated heterocycles. The lowest BCUT2D eigenvalue weighted by atomic mass is 9.63. The van der Waals surface area contributed by atoms with E-state index in [-0.39, 0.29) is 5.92 Å². The predicted molar refractivity (Wildman–Crippen MR) is 105 cm³/mol. The molecule has 0 heterocycles. The van der Waals surface area contributed by atoms with Crippen molar-refractivity contribution < 1.29 is 9.22 Å². The molecule has 0 bridgehead atoms. The second-order valence-electron chi connectivity index (χ2n) is 8.86. The first-order valence-electron chi connectivity index (χ1n) is 10.2. The van der Waals surface area contributed by atoms with E-state index in [4.69, 9.17) is 4.43 Å². The van der Waals surface area contributed by atoms with Crippen LogP contribution in [0.1, 0.15) is 87.0 Å². The van der Waals surface area contributed by atoms with E-state index in [1.165, 1.54) is 24.8 Å². The van der Waals surface area contributed by atoms with Crippen LogP contribution in [0.4, 0.5) is 0 Å². The predicted octanol–water partition coefficient (Wildman–Crippen LogP) is 6.62. The van der Waals surface area contributed by atoms with E-state index in [0.29, 0.717) is 28.3 Å². The van der Waals surface area contributed by atoms with Gasteiger partial charge in [-0.1, -0.05) is 54.9 Å². The minimum Gasteiger partial charge on any atom is -0.545 e. The molecule has 2 aliphatic rings. The van der Waals surface area contributed by atoms with Crippen molar-refractivity contribution in [1.29, 1.82) is 0 Å². The SMILES string of the molecule is CCCCC1=C(O[Si](C(C)C)(C(C)C)C(C)C)[C@@H]2C(=O)CCC[C@H]12. The van der Waals surface area contributed by atoms with Crippen molar-refractivity contribution in [2.75, 3.05) is 0 Å². The number of fused-ring (bicyclic) bond motifs is 1. The lowest BCUT2D eigenvalue weighted by Gasteiger charge is -2.51. The molecule has 138 valence electrons. The van der Waals surface area contributed by atoms with Gasteiger partial charge in [-0.2, -0.15) is 0 Å². The van der Waals surface area contributed by atoms with E-state index >= 15 is 0 Å². The average molecular weight is 351 g/mol. The molecule has 2 aliphatic carbocycles. The van der Waals surface area contributed by atoms with Gasteiger partial charge in [0.15, 0.2) is 0 Å². The van der Waals surface area contributed by atoms with Crippen LogP contribution in [0, 0.1) is 11.8 Å². The van der Waals surface area contributed by atoms with Crippen molar-refractivity contribution in [2.45, 2.75) is 104 Å². The van der Waals surface area contributed by atoms with Crippen LogP contribution in [0.25, 0.3) is 0 Å². The topological polar surface area (TPSA) is 26.3 Å². The molecule has 0 amide bonds. The Morgan fingerprint density at radius 1 is 1.08 bits per heavy atom. The van der Waals surface area contributed by atoms with E-state index < -0.39 is 8.32 Å². The normalized spacial score (nSPS) is 24.7. The number of hydrogen-bond acceptors (Lipinski definition) is 2. The molecule has 0 aliphatic heterocycles. The molecular weight excluding hydrogens is 312 g/mol. The third-order valence-electron chi connectivity index (χ3n) is 6.53. The van der Waals surface area contributed by atoms with Crippen molar-refractivity contribution in [3.05, 3.63) is 11.3 Å². The number of ketones is 1. The van der Waals surface area contributed by atoms with Gasteiger partial charge in [0.2, 0.25) is 0 Å². The summed E-state index contributed by atoms with van der Waals surface area (Å²) in [6, 6.07) is 0. The van der Waals surface area contributed by atoms with E-state index in [9.17, 15) is 4.79 Å². The minimum absolute atomic E-state index is 0.105. The van der Waals surface area contributed by atoms with Gasteiger partial charge in [-0.25, -0.2) is 0 Å². The Morgan fingerprint density at radius 2 is 1.67 bits per heavy atom. The highest BCUT2D eigenvalue weighted by Gasteiger charge is 2.53. The van der Waals surface area contributed by atoms with E-state index in [1.54, 1.807) is 0 Å². The molecule has 24 heavy (non-hydrogen) atoms.